The summed E-state index contributed by atoms with van der Waals surface area (Å²) in [5, 5.41) is 1.05. The van der Waals surface area contributed by atoms with E-state index >= 15 is 0 Å². The maximum Gasteiger partial charge on any atom is 0.223 e. The predicted molar refractivity (Wildman–Crippen MR) is 129 cm³/mol. The standard InChI is InChI=1S/C25H31Cl2N3O3/c26-19-7-8-20(21(27)16-19)22-17-28-23(33-22)9-11-25(32)30-14-12-29(13-15-30)24(31)10-6-18-4-2-1-3-5-18/h7-8,16-18H,1-6,9-15H2. The predicted octanol–water partition coefficient (Wildman–Crippen LogP) is 5.61. The number of halogens is 2. The lowest BCUT2D eigenvalue weighted by molar-refractivity contribution is -0.139. The summed E-state index contributed by atoms with van der Waals surface area (Å²) in [6.07, 6.45) is 10.5. The van der Waals surface area contributed by atoms with Gasteiger partial charge in [-0.3, -0.25) is 9.59 Å². The fourth-order valence-corrected chi connectivity index (χ4v) is 5.28. The smallest absolute Gasteiger partial charge is 0.223 e. The molecule has 1 aromatic heterocycles. The number of carbonyl (C=O) groups excluding carboxylic acids is 2. The summed E-state index contributed by atoms with van der Waals surface area (Å²) in [5.41, 5.74) is 0.718. The Labute approximate surface area is 205 Å². The third kappa shape index (κ3) is 6.51. The minimum Gasteiger partial charge on any atom is -0.441 e. The third-order valence-corrected chi connectivity index (χ3v) is 7.33. The Balaban J connectivity index is 1.19. The van der Waals surface area contributed by atoms with Crippen LogP contribution in [-0.2, 0) is 16.0 Å². The monoisotopic (exact) mass is 491 g/mol. The molecule has 4 rings (SSSR count). The van der Waals surface area contributed by atoms with E-state index in [1.807, 2.05) is 9.80 Å². The van der Waals surface area contributed by atoms with Crippen molar-refractivity contribution in [3.05, 3.63) is 40.3 Å². The summed E-state index contributed by atoms with van der Waals surface area (Å²) in [7, 11) is 0. The normalized spacial score (nSPS) is 17.4. The van der Waals surface area contributed by atoms with E-state index < -0.39 is 0 Å². The summed E-state index contributed by atoms with van der Waals surface area (Å²) in [4.78, 5) is 33.3. The zero-order chi connectivity index (χ0) is 23.2. The molecule has 0 N–H and O–H groups in total. The van der Waals surface area contributed by atoms with Crippen molar-refractivity contribution in [2.45, 2.75) is 57.8 Å². The summed E-state index contributed by atoms with van der Waals surface area (Å²) in [6.45, 7) is 2.41. The van der Waals surface area contributed by atoms with Crippen LogP contribution in [0, 0.1) is 5.92 Å². The van der Waals surface area contributed by atoms with Crippen molar-refractivity contribution in [2.75, 3.05) is 26.2 Å². The molecule has 178 valence electrons. The minimum absolute atomic E-state index is 0.0635. The average molecular weight is 492 g/mol. The summed E-state index contributed by atoms with van der Waals surface area (Å²) in [6, 6.07) is 5.19. The molecular formula is C25H31Cl2N3O3. The van der Waals surface area contributed by atoms with Crippen molar-refractivity contribution in [3.63, 3.8) is 0 Å². The van der Waals surface area contributed by atoms with Crippen LogP contribution in [0.3, 0.4) is 0 Å². The van der Waals surface area contributed by atoms with Gasteiger partial charge in [-0.25, -0.2) is 4.98 Å². The van der Waals surface area contributed by atoms with Crippen LogP contribution in [0.4, 0.5) is 0 Å². The summed E-state index contributed by atoms with van der Waals surface area (Å²) in [5.74, 6) is 2.08. The highest BCUT2D eigenvalue weighted by molar-refractivity contribution is 6.36. The van der Waals surface area contributed by atoms with Crippen LogP contribution in [0.1, 0.15) is 57.3 Å². The second-order valence-electron chi connectivity index (χ2n) is 9.05. The molecule has 6 nitrogen and oxygen atoms in total. The van der Waals surface area contributed by atoms with Crippen molar-refractivity contribution in [1.82, 2.24) is 14.8 Å². The first-order chi connectivity index (χ1) is 16.0. The van der Waals surface area contributed by atoms with E-state index in [-0.39, 0.29) is 11.8 Å². The van der Waals surface area contributed by atoms with Gasteiger partial charge in [0.2, 0.25) is 11.8 Å². The minimum atomic E-state index is 0.0635. The molecule has 1 aliphatic carbocycles. The molecule has 1 saturated heterocycles. The Morgan fingerprint density at radius 2 is 1.64 bits per heavy atom. The third-order valence-electron chi connectivity index (χ3n) is 6.78. The van der Waals surface area contributed by atoms with Crippen LogP contribution in [0.5, 0.6) is 0 Å². The van der Waals surface area contributed by atoms with Crippen LogP contribution in [0.2, 0.25) is 10.0 Å². The number of amides is 2. The SMILES string of the molecule is O=C(CCc1ncc(-c2ccc(Cl)cc2Cl)o1)N1CCN(C(=O)CCC2CCCCC2)CC1. The number of aromatic nitrogens is 1. The van der Waals surface area contributed by atoms with Crippen molar-refractivity contribution in [2.24, 2.45) is 5.92 Å². The molecular weight excluding hydrogens is 461 g/mol. The van der Waals surface area contributed by atoms with Crippen molar-refractivity contribution >= 4 is 35.0 Å². The van der Waals surface area contributed by atoms with E-state index in [0.29, 0.717) is 67.1 Å². The number of piperazine rings is 1. The average Bonchev–Trinajstić information content (AvgIpc) is 3.30. The number of benzene rings is 1. The van der Waals surface area contributed by atoms with Gasteiger partial charge in [-0.05, 0) is 30.5 Å². The number of oxazole rings is 1. The number of rotatable bonds is 7. The molecule has 33 heavy (non-hydrogen) atoms. The van der Waals surface area contributed by atoms with E-state index in [0.717, 1.165) is 17.9 Å². The van der Waals surface area contributed by atoms with Crippen LogP contribution >= 0.6 is 23.2 Å². The van der Waals surface area contributed by atoms with E-state index in [9.17, 15) is 9.59 Å². The van der Waals surface area contributed by atoms with Gasteiger partial charge in [0.05, 0.1) is 11.2 Å². The second kappa shape index (κ2) is 11.4. The first kappa shape index (κ1) is 24.1. The molecule has 0 radical (unpaired) electrons. The van der Waals surface area contributed by atoms with Gasteiger partial charge in [0.25, 0.3) is 0 Å². The second-order valence-corrected chi connectivity index (χ2v) is 9.89. The van der Waals surface area contributed by atoms with Gasteiger partial charge in [0.1, 0.15) is 0 Å². The Hall–Kier alpha value is -2.05. The molecule has 0 atom stereocenters. The number of hydrogen-bond acceptors (Lipinski definition) is 4. The Morgan fingerprint density at radius 1 is 0.970 bits per heavy atom. The molecule has 0 spiro atoms. The van der Waals surface area contributed by atoms with Crippen LogP contribution < -0.4 is 0 Å². The topological polar surface area (TPSA) is 66.7 Å². The molecule has 8 heteroatoms. The number of aryl methyl sites for hydroxylation is 1. The molecule has 2 aromatic rings. The summed E-state index contributed by atoms with van der Waals surface area (Å²) >= 11 is 12.2. The van der Waals surface area contributed by atoms with E-state index in [1.54, 1.807) is 24.4 Å². The van der Waals surface area contributed by atoms with Crippen molar-refractivity contribution in [1.29, 1.82) is 0 Å². The van der Waals surface area contributed by atoms with Crippen LogP contribution in [0.15, 0.2) is 28.8 Å². The number of hydrogen-bond donors (Lipinski definition) is 0. The zero-order valence-corrected chi connectivity index (χ0v) is 20.4. The van der Waals surface area contributed by atoms with Crippen LogP contribution in [0.25, 0.3) is 11.3 Å². The largest absolute Gasteiger partial charge is 0.441 e. The van der Waals surface area contributed by atoms with Gasteiger partial charge >= 0.3 is 0 Å². The van der Waals surface area contributed by atoms with Gasteiger partial charge < -0.3 is 14.2 Å². The lowest BCUT2D eigenvalue weighted by Crippen LogP contribution is -2.50. The lowest BCUT2D eigenvalue weighted by atomic mass is 9.86. The molecule has 0 bridgehead atoms. The maximum absolute atomic E-state index is 12.7. The quantitative estimate of drug-likeness (QED) is 0.504. The van der Waals surface area contributed by atoms with Crippen LogP contribution in [-0.4, -0.2) is 52.8 Å². The van der Waals surface area contributed by atoms with Crippen molar-refractivity contribution in [3.8, 4) is 11.3 Å². The molecule has 2 fully saturated rings. The Kier molecular flexibility index (Phi) is 8.31. The lowest BCUT2D eigenvalue weighted by Gasteiger charge is -2.35. The van der Waals surface area contributed by atoms with Crippen molar-refractivity contribution < 1.29 is 14.0 Å². The summed E-state index contributed by atoms with van der Waals surface area (Å²) < 4.78 is 5.79. The first-order valence-corrected chi connectivity index (χ1v) is 12.7. The Bertz CT molecular complexity index is 964. The van der Waals surface area contributed by atoms with E-state index in [4.69, 9.17) is 27.6 Å². The molecule has 2 amide bonds. The highest BCUT2D eigenvalue weighted by Gasteiger charge is 2.25. The highest BCUT2D eigenvalue weighted by atomic mass is 35.5. The van der Waals surface area contributed by atoms with E-state index in [2.05, 4.69) is 4.98 Å². The zero-order valence-electron chi connectivity index (χ0n) is 18.9. The molecule has 1 aliphatic heterocycles. The molecule has 1 saturated carbocycles. The highest BCUT2D eigenvalue weighted by Crippen LogP contribution is 2.31. The fraction of sp³-hybridized carbons (Fsp3) is 0.560. The first-order valence-electron chi connectivity index (χ1n) is 12.0. The molecule has 2 aliphatic rings. The molecule has 0 unspecified atom stereocenters. The number of carbonyl (C=O) groups is 2. The van der Waals surface area contributed by atoms with Gasteiger partial charge in [0, 0.05) is 56.0 Å². The van der Waals surface area contributed by atoms with Gasteiger partial charge in [0.15, 0.2) is 11.7 Å². The molecule has 2 heterocycles. The maximum atomic E-state index is 12.7. The number of nitrogens with zero attached hydrogens (tertiary/aromatic N) is 3. The van der Waals surface area contributed by atoms with E-state index in [1.165, 1.54) is 32.1 Å². The fourth-order valence-electron chi connectivity index (χ4n) is 4.78. The van der Waals surface area contributed by atoms with Gasteiger partial charge in [-0.1, -0.05) is 55.3 Å². The molecule has 1 aromatic carbocycles. The van der Waals surface area contributed by atoms with Gasteiger partial charge in [-0.15, -0.1) is 0 Å². The van der Waals surface area contributed by atoms with Gasteiger partial charge in [-0.2, -0.15) is 0 Å². The Morgan fingerprint density at radius 3 is 2.30 bits per heavy atom.